The lowest BCUT2D eigenvalue weighted by molar-refractivity contribution is -0.136. The summed E-state index contributed by atoms with van der Waals surface area (Å²) in [5.74, 6) is -2.73. The van der Waals surface area contributed by atoms with E-state index in [4.69, 9.17) is 5.11 Å². The highest BCUT2D eigenvalue weighted by atomic mass is 32.2. The van der Waals surface area contributed by atoms with Crippen LogP contribution in [0.25, 0.3) is 0 Å². The van der Waals surface area contributed by atoms with E-state index in [9.17, 15) is 18.0 Å². The number of aliphatic carboxylic acids is 1. The molecule has 0 bridgehead atoms. The fourth-order valence-corrected chi connectivity index (χ4v) is 1.93. The van der Waals surface area contributed by atoms with Crippen LogP contribution in [0.4, 0.5) is 0 Å². The van der Waals surface area contributed by atoms with Crippen molar-refractivity contribution in [3.05, 3.63) is 0 Å². The van der Waals surface area contributed by atoms with E-state index in [0.717, 1.165) is 6.92 Å². The normalized spacial score (nSPS) is 15.4. The summed E-state index contributed by atoms with van der Waals surface area (Å²) >= 11 is 0. The summed E-state index contributed by atoms with van der Waals surface area (Å²) < 4.78 is 23.0. The lowest BCUT2D eigenvalue weighted by Gasteiger charge is -2.17. The fraction of sp³-hybridized carbons (Fsp3) is 0.800. The molecule has 7 heteroatoms. The molecular weight excluding hydrogens is 246 g/mol. The van der Waals surface area contributed by atoms with Crippen LogP contribution in [0.3, 0.4) is 0 Å². The molecule has 0 spiro atoms. The van der Waals surface area contributed by atoms with E-state index in [0.29, 0.717) is 0 Å². The Morgan fingerprint density at radius 3 is 2.00 bits per heavy atom. The summed E-state index contributed by atoms with van der Waals surface area (Å²) in [5.41, 5.74) is 0. The Balaban J connectivity index is 4.54. The predicted octanol–water partition coefficient (Wildman–Crippen LogP) is 0.0350. The number of sulfone groups is 1. The summed E-state index contributed by atoms with van der Waals surface area (Å²) in [6, 6.07) is -0.155. The number of nitrogens with one attached hydrogen (secondary N) is 1. The Labute approximate surface area is 101 Å². The third-order valence-electron chi connectivity index (χ3n) is 2.61. The second-order valence-corrected chi connectivity index (χ2v) is 6.71. The van der Waals surface area contributed by atoms with E-state index in [1.54, 1.807) is 6.92 Å². The van der Waals surface area contributed by atoms with Crippen molar-refractivity contribution in [2.45, 2.75) is 39.0 Å². The van der Waals surface area contributed by atoms with Gasteiger partial charge >= 0.3 is 5.97 Å². The van der Waals surface area contributed by atoms with Gasteiger partial charge < -0.3 is 10.4 Å². The van der Waals surface area contributed by atoms with E-state index in [1.165, 1.54) is 0 Å². The average Bonchev–Trinajstić information content (AvgIpc) is 2.14. The third kappa shape index (κ3) is 5.16. The maximum absolute atomic E-state index is 11.5. The van der Waals surface area contributed by atoms with Crippen LogP contribution in [0, 0.1) is 5.92 Å². The second-order valence-electron chi connectivity index (χ2n) is 4.39. The standard InChI is InChI=1S/C10H19NO5S/c1-6(2)7(3)11-9(12)5-17(15,16)8(4)10(13)14/h6-8H,5H2,1-4H3,(H,11,12)(H,13,14). The first-order valence-corrected chi connectivity index (χ1v) is 7.03. The van der Waals surface area contributed by atoms with Gasteiger partial charge in [-0.25, -0.2) is 8.42 Å². The van der Waals surface area contributed by atoms with Gasteiger partial charge in [0.25, 0.3) is 0 Å². The van der Waals surface area contributed by atoms with Gasteiger partial charge in [0.1, 0.15) is 5.75 Å². The molecule has 0 rings (SSSR count). The number of carboxylic acids is 1. The predicted molar refractivity (Wildman–Crippen MR) is 63.3 cm³/mol. The van der Waals surface area contributed by atoms with Crippen LogP contribution in [0.1, 0.15) is 27.7 Å². The van der Waals surface area contributed by atoms with Gasteiger partial charge in [0, 0.05) is 6.04 Å². The van der Waals surface area contributed by atoms with Crippen molar-refractivity contribution < 1.29 is 23.1 Å². The molecule has 0 saturated carbocycles. The van der Waals surface area contributed by atoms with E-state index >= 15 is 0 Å². The third-order valence-corrected chi connectivity index (χ3v) is 4.55. The van der Waals surface area contributed by atoms with Crippen LogP contribution < -0.4 is 5.32 Å². The van der Waals surface area contributed by atoms with E-state index in [-0.39, 0.29) is 12.0 Å². The summed E-state index contributed by atoms with van der Waals surface area (Å²) in [5, 5.41) is 9.54. The van der Waals surface area contributed by atoms with Crippen molar-refractivity contribution in [3.8, 4) is 0 Å². The van der Waals surface area contributed by atoms with E-state index in [2.05, 4.69) is 5.32 Å². The van der Waals surface area contributed by atoms with Crippen molar-refractivity contribution in [1.82, 2.24) is 5.32 Å². The fourth-order valence-electron chi connectivity index (χ4n) is 0.924. The molecule has 100 valence electrons. The summed E-state index contributed by atoms with van der Waals surface area (Å²) in [6.07, 6.45) is 0. The summed E-state index contributed by atoms with van der Waals surface area (Å²) in [6.45, 7) is 6.59. The van der Waals surface area contributed by atoms with Crippen LogP contribution in [-0.2, 0) is 19.4 Å². The minimum atomic E-state index is -3.94. The van der Waals surface area contributed by atoms with Crippen molar-refractivity contribution in [2.24, 2.45) is 5.92 Å². The first-order valence-electron chi connectivity index (χ1n) is 5.31. The van der Waals surface area contributed by atoms with Crippen molar-refractivity contribution >= 4 is 21.7 Å². The first-order chi connectivity index (χ1) is 7.58. The number of rotatable bonds is 6. The Bertz CT molecular complexity index is 388. The first kappa shape index (κ1) is 15.9. The molecule has 17 heavy (non-hydrogen) atoms. The number of hydrogen-bond acceptors (Lipinski definition) is 4. The topological polar surface area (TPSA) is 101 Å². The quantitative estimate of drug-likeness (QED) is 0.706. The lowest BCUT2D eigenvalue weighted by atomic mass is 10.1. The van der Waals surface area contributed by atoms with Crippen LogP contribution in [0.2, 0.25) is 0 Å². The average molecular weight is 265 g/mol. The molecule has 1 amide bonds. The molecule has 0 radical (unpaired) electrons. The molecule has 6 nitrogen and oxygen atoms in total. The summed E-state index contributed by atoms with van der Waals surface area (Å²) in [4.78, 5) is 22.0. The number of carbonyl (C=O) groups is 2. The second kappa shape index (κ2) is 6.00. The SMILES string of the molecule is CC(C)C(C)NC(=O)CS(=O)(=O)C(C)C(=O)O. The van der Waals surface area contributed by atoms with Crippen LogP contribution in [-0.4, -0.2) is 42.4 Å². The summed E-state index contributed by atoms with van der Waals surface area (Å²) in [7, 11) is -3.94. The molecule has 0 aromatic rings. The van der Waals surface area contributed by atoms with Gasteiger partial charge in [0.2, 0.25) is 5.91 Å². The molecule has 0 aliphatic rings. The largest absolute Gasteiger partial charge is 0.480 e. The Kier molecular flexibility index (Phi) is 5.60. The maximum Gasteiger partial charge on any atom is 0.321 e. The van der Waals surface area contributed by atoms with Gasteiger partial charge in [0.15, 0.2) is 15.1 Å². The number of carboxylic acid groups (broad SMARTS) is 1. The van der Waals surface area contributed by atoms with Crippen LogP contribution in [0.15, 0.2) is 0 Å². The molecule has 0 aliphatic heterocycles. The number of carbonyl (C=O) groups excluding carboxylic acids is 1. The minimum Gasteiger partial charge on any atom is -0.480 e. The molecule has 0 aromatic heterocycles. The molecule has 2 unspecified atom stereocenters. The van der Waals surface area contributed by atoms with Gasteiger partial charge in [-0.1, -0.05) is 13.8 Å². The smallest absolute Gasteiger partial charge is 0.321 e. The highest BCUT2D eigenvalue weighted by molar-refractivity contribution is 7.93. The number of hydrogen-bond donors (Lipinski definition) is 2. The highest BCUT2D eigenvalue weighted by Crippen LogP contribution is 2.04. The monoisotopic (exact) mass is 265 g/mol. The van der Waals surface area contributed by atoms with Crippen LogP contribution >= 0.6 is 0 Å². The van der Waals surface area contributed by atoms with Gasteiger partial charge in [0.05, 0.1) is 0 Å². The van der Waals surface area contributed by atoms with Gasteiger partial charge in [-0.3, -0.25) is 9.59 Å². The number of amides is 1. The van der Waals surface area contributed by atoms with Gasteiger partial charge in [-0.15, -0.1) is 0 Å². The van der Waals surface area contributed by atoms with E-state index < -0.39 is 32.7 Å². The molecule has 0 aromatic carbocycles. The lowest BCUT2D eigenvalue weighted by Crippen LogP contribution is -2.42. The zero-order valence-corrected chi connectivity index (χ0v) is 11.2. The molecule has 0 fully saturated rings. The van der Waals surface area contributed by atoms with Crippen molar-refractivity contribution in [2.75, 3.05) is 5.75 Å². The minimum absolute atomic E-state index is 0.155. The molecule has 0 saturated heterocycles. The molecule has 0 aliphatic carbocycles. The van der Waals surface area contributed by atoms with Gasteiger partial charge in [-0.05, 0) is 19.8 Å². The highest BCUT2D eigenvalue weighted by Gasteiger charge is 2.30. The molecule has 2 atom stereocenters. The molecule has 0 heterocycles. The molecular formula is C10H19NO5S. The zero-order chi connectivity index (χ0) is 13.8. The maximum atomic E-state index is 11.5. The van der Waals surface area contributed by atoms with Crippen molar-refractivity contribution in [1.29, 1.82) is 0 Å². The van der Waals surface area contributed by atoms with Gasteiger partial charge in [-0.2, -0.15) is 0 Å². The Hall–Kier alpha value is -1.11. The van der Waals surface area contributed by atoms with E-state index in [1.807, 2.05) is 13.8 Å². The Morgan fingerprint density at radius 2 is 1.65 bits per heavy atom. The molecule has 2 N–H and O–H groups in total. The van der Waals surface area contributed by atoms with Crippen LogP contribution in [0.5, 0.6) is 0 Å². The zero-order valence-electron chi connectivity index (χ0n) is 10.4. The Morgan fingerprint density at radius 1 is 1.18 bits per heavy atom. The van der Waals surface area contributed by atoms with Crippen molar-refractivity contribution in [3.63, 3.8) is 0 Å².